The van der Waals surface area contributed by atoms with E-state index in [0.717, 1.165) is 24.2 Å². The van der Waals surface area contributed by atoms with E-state index in [-0.39, 0.29) is 19.1 Å². The van der Waals surface area contributed by atoms with E-state index in [4.69, 9.17) is 17.0 Å². The van der Waals surface area contributed by atoms with Crippen molar-refractivity contribution in [1.82, 2.24) is 14.8 Å². The summed E-state index contributed by atoms with van der Waals surface area (Å²) in [7, 11) is 0. The van der Waals surface area contributed by atoms with Crippen LogP contribution in [-0.4, -0.2) is 57.0 Å². The van der Waals surface area contributed by atoms with Crippen LogP contribution in [0.25, 0.3) is 0 Å². The van der Waals surface area contributed by atoms with Crippen LogP contribution in [0.2, 0.25) is 0 Å². The molecule has 2 heterocycles. The molecule has 1 saturated heterocycles. The maximum absolute atomic E-state index is 12.3. The fourth-order valence-electron chi connectivity index (χ4n) is 3.04. The van der Waals surface area contributed by atoms with Gasteiger partial charge in [-0.15, -0.1) is 0 Å². The Kier molecular flexibility index (Phi) is 5.67. The van der Waals surface area contributed by atoms with Gasteiger partial charge in [-0.1, -0.05) is 24.0 Å². The topological polar surface area (TPSA) is 80.6 Å². The van der Waals surface area contributed by atoms with Gasteiger partial charge in [-0.2, -0.15) is 0 Å². The lowest BCUT2D eigenvalue weighted by molar-refractivity contribution is -0.126. The van der Waals surface area contributed by atoms with Gasteiger partial charge in [-0.25, -0.2) is 4.79 Å². The lowest BCUT2D eigenvalue weighted by Crippen LogP contribution is -2.38. The van der Waals surface area contributed by atoms with E-state index in [1.807, 2.05) is 19.9 Å². The molecule has 0 bridgehead atoms. The van der Waals surface area contributed by atoms with E-state index in [0.29, 0.717) is 28.2 Å². The minimum absolute atomic E-state index is 0.0494. The second-order valence-electron chi connectivity index (χ2n) is 6.41. The van der Waals surface area contributed by atoms with Crippen molar-refractivity contribution in [1.29, 1.82) is 0 Å². The van der Waals surface area contributed by atoms with Gasteiger partial charge in [0.2, 0.25) is 5.91 Å². The molecule has 1 aliphatic carbocycles. The highest BCUT2D eigenvalue weighted by molar-refractivity contribution is 8.23. The van der Waals surface area contributed by atoms with Gasteiger partial charge >= 0.3 is 5.97 Å². The Balaban J connectivity index is 1.44. The molecule has 2 amide bonds. The average molecular weight is 396 g/mol. The van der Waals surface area contributed by atoms with Crippen molar-refractivity contribution in [3.8, 4) is 0 Å². The molecule has 0 atom stereocenters. The second-order valence-corrected chi connectivity index (χ2v) is 8.02. The predicted molar refractivity (Wildman–Crippen MR) is 102 cm³/mol. The van der Waals surface area contributed by atoms with Crippen molar-refractivity contribution in [3.05, 3.63) is 23.0 Å². The number of rotatable bonds is 7. The van der Waals surface area contributed by atoms with Gasteiger partial charge in [0.1, 0.15) is 4.32 Å². The van der Waals surface area contributed by atoms with Crippen LogP contribution in [-0.2, 0) is 14.3 Å². The van der Waals surface area contributed by atoms with Gasteiger partial charge in [0.05, 0.1) is 11.3 Å². The number of hydrogen-bond donors (Lipinski definition) is 1. The third kappa shape index (κ3) is 4.09. The molecule has 1 N–H and O–H groups in total. The van der Waals surface area contributed by atoms with E-state index >= 15 is 0 Å². The molecule has 0 radical (unpaired) electrons. The van der Waals surface area contributed by atoms with Crippen LogP contribution < -0.4 is 5.32 Å². The average Bonchev–Trinajstić information content (AvgIpc) is 3.32. The first-order valence-corrected chi connectivity index (χ1v) is 9.87. The SMILES string of the molecule is Cc1cc(C(=O)OCC(=O)NCCN2C(=O)CSC2=S)c(C)n1C1CC1. The summed E-state index contributed by atoms with van der Waals surface area (Å²) in [5.41, 5.74) is 2.42. The molecule has 1 saturated carbocycles. The third-order valence-corrected chi connectivity index (χ3v) is 5.88. The lowest BCUT2D eigenvalue weighted by atomic mass is 10.2. The number of aromatic nitrogens is 1. The van der Waals surface area contributed by atoms with Crippen LogP contribution in [0, 0.1) is 13.8 Å². The van der Waals surface area contributed by atoms with Crippen molar-refractivity contribution >= 4 is 46.1 Å². The zero-order valence-corrected chi connectivity index (χ0v) is 16.4. The van der Waals surface area contributed by atoms with Gasteiger partial charge in [-0.3, -0.25) is 14.5 Å². The summed E-state index contributed by atoms with van der Waals surface area (Å²) < 4.78 is 7.82. The number of thiocarbonyl (C=S) groups is 1. The zero-order chi connectivity index (χ0) is 18.8. The van der Waals surface area contributed by atoms with Crippen LogP contribution in [0.15, 0.2) is 6.07 Å². The first kappa shape index (κ1) is 18.9. The van der Waals surface area contributed by atoms with E-state index in [1.165, 1.54) is 16.7 Å². The Hall–Kier alpha value is -1.87. The fourth-order valence-corrected chi connectivity index (χ4v) is 4.16. The number of ether oxygens (including phenoxy) is 1. The quantitative estimate of drug-likeness (QED) is 0.558. The monoisotopic (exact) mass is 395 g/mol. The first-order valence-electron chi connectivity index (χ1n) is 8.48. The Labute approximate surface area is 161 Å². The Morgan fingerprint density at radius 3 is 2.73 bits per heavy atom. The standard InChI is InChI=1S/C17H21N3O4S2/c1-10-7-13(11(2)20(10)12-3-4-12)16(23)24-8-14(21)18-5-6-19-15(22)9-26-17(19)25/h7,12H,3-6,8-9H2,1-2H3,(H,18,21). The molecule has 3 rings (SSSR count). The van der Waals surface area contributed by atoms with E-state index < -0.39 is 11.9 Å². The molecule has 7 nitrogen and oxygen atoms in total. The molecule has 1 aromatic rings. The number of aryl methyl sites for hydroxylation is 1. The Morgan fingerprint density at radius 2 is 2.12 bits per heavy atom. The van der Waals surface area contributed by atoms with Gasteiger partial charge in [0.25, 0.3) is 5.91 Å². The summed E-state index contributed by atoms with van der Waals surface area (Å²) in [6.45, 7) is 4.11. The van der Waals surface area contributed by atoms with Crippen molar-refractivity contribution in [3.63, 3.8) is 0 Å². The maximum Gasteiger partial charge on any atom is 0.340 e. The number of carbonyl (C=O) groups excluding carboxylic acids is 3. The number of esters is 1. The molecular weight excluding hydrogens is 374 g/mol. The molecule has 0 unspecified atom stereocenters. The fraction of sp³-hybridized carbons (Fsp3) is 0.529. The Bertz CT molecular complexity index is 754. The predicted octanol–water partition coefficient (Wildman–Crippen LogP) is 1.57. The third-order valence-electron chi connectivity index (χ3n) is 4.45. The smallest absolute Gasteiger partial charge is 0.340 e. The molecule has 26 heavy (non-hydrogen) atoms. The highest BCUT2D eigenvalue weighted by atomic mass is 32.2. The molecule has 1 aliphatic heterocycles. The second kappa shape index (κ2) is 7.79. The van der Waals surface area contributed by atoms with Crippen molar-refractivity contribution in [2.75, 3.05) is 25.4 Å². The number of nitrogens with zero attached hydrogens (tertiary/aromatic N) is 2. The van der Waals surface area contributed by atoms with Crippen LogP contribution in [0.3, 0.4) is 0 Å². The van der Waals surface area contributed by atoms with Gasteiger partial charge in [0.15, 0.2) is 6.61 Å². The Morgan fingerprint density at radius 1 is 1.38 bits per heavy atom. The summed E-state index contributed by atoms with van der Waals surface area (Å²) in [5.74, 6) is -0.595. The largest absolute Gasteiger partial charge is 0.452 e. The number of nitrogens with one attached hydrogen (secondary N) is 1. The summed E-state index contributed by atoms with van der Waals surface area (Å²) in [6.07, 6.45) is 2.27. The number of hydrogen-bond acceptors (Lipinski definition) is 6. The minimum Gasteiger partial charge on any atom is -0.452 e. The number of thioether (sulfide) groups is 1. The maximum atomic E-state index is 12.3. The summed E-state index contributed by atoms with van der Waals surface area (Å²) in [6, 6.07) is 2.29. The summed E-state index contributed by atoms with van der Waals surface area (Å²) in [5, 5.41) is 2.63. The van der Waals surface area contributed by atoms with Crippen molar-refractivity contribution < 1.29 is 19.1 Å². The van der Waals surface area contributed by atoms with Crippen LogP contribution >= 0.6 is 24.0 Å². The molecule has 140 valence electrons. The molecular formula is C17H21N3O4S2. The van der Waals surface area contributed by atoms with Crippen LogP contribution in [0.1, 0.15) is 40.6 Å². The molecule has 2 aliphatic rings. The van der Waals surface area contributed by atoms with E-state index in [1.54, 1.807) is 0 Å². The summed E-state index contributed by atoms with van der Waals surface area (Å²) >= 11 is 6.39. The first-order chi connectivity index (χ1) is 12.4. The molecule has 0 aromatic carbocycles. The van der Waals surface area contributed by atoms with Gasteiger partial charge in [-0.05, 0) is 32.8 Å². The number of amides is 2. The summed E-state index contributed by atoms with van der Waals surface area (Å²) in [4.78, 5) is 37.2. The molecule has 1 aromatic heterocycles. The van der Waals surface area contributed by atoms with Crippen LogP contribution in [0.4, 0.5) is 0 Å². The van der Waals surface area contributed by atoms with Crippen LogP contribution in [0.5, 0.6) is 0 Å². The normalized spacial score (nSPS) is 16.9. The van der Waals surface area contributed by atoms with E-state index in [2.05, 4.69) is 9.88 Å². The number of carbonyl (C=O) groups is 3. The molecule has 2 fully saturated rings. The molecule has 0 spiro atoms. The minimum atomic E-state index is -0.493. The van der Waals surface area contributed by atoms with Crippen molar-refractivity contribution in [2.45, 2.75) is 32.7 Å². The van der Waals surface area contributed by atoms with Gasteiger partial charge < -0.3 is 14.6 Å². The lowest BCUT2D eigenvalue weighted by Gasteiger charge is -2.15. The van der Waals surface area contributed by atoms with Gasteiger partial charge in [0, 0.05) is 30.5 Å². The van der Waals surface area contributed by atoms with E-state index in [9.17, 15) is 14.4 Å². The van der Waals surface area contributed by atoms with Crippen molar-refractivity contribution in [2.24, 2.45) is 0 Å². The highest BCUT2D eigenvalue weighted by Crippen LogP contribution is 2.38. The zero-order valence-electron chi connectivity index (χ0n) is 14.7. The highest BCUT2D eigenvalue weighted by Gasteiger charge is 2.29. The molecule has 9 heteroatoms.